The molecule has 0 saturated heterocycles. The van der Waals surface area contributed by atoms with Gasteiger partial charge in [-0.2, -0.15) is 0 Å². The number of aromatic nitrogens is 5. The molecule has 234 valence electrons. The van der Waals surface area contributed by atoms with Crippen molar-refractivity contribution in [1.82, 2.24) is 24.5 Å². The normalized spacial score (nSPS) is 11.6. The van der Waals surface area contributed by atoms with Crippen molar-refractivity contribution < 1.29 is 4.42 Å². The predicted octanol–water partition coefficient (Wildman–Crippen LogP) is 10.9. The summed E-state index contributed by atoms with van der Waals surface area (Å²) in [6.45, 7) is 0. The van der Waals surface area contributed by atoms with Crippen molar-refractivity contribution in [1.29, 1.82) is 0 Å². The lowest BCUT2D eigenvalue weighted by atomic mass is 10.0. The minimum Gasteiger partial charge on any atom is -0.454 e. The molecule has 0 saturated carbocycles. The third kappa shape index (κ3) is 4.58. The van der Waals surface area contributed by atoms with Crippen LogP contribution in [0.25, 0.3) is 94.7 Å². The van der Waals surface area contributed by atoms with Gasteiger partial charge in [0.1, 0.15) is 5.58 Å². The van der Waals surface area contributed by atoms with Crippen molar-refractivity contribution in [3.05, 3.63) is 164 Å². The van der Waals surface area contributed by atoms with Gasteiger partial charge in [-0.05, 0) is 59.7 Å². The first-order valence-corrected chi connectivity index (χ1v) is 16.5. The molecule has 0 unspecified atom stereocenters. The standard InChI is InChI=1S/C44H27N5O/c1-2-9-28(10-3-1)29-17-19-30(20-18-29)42-46-43(48-44(47-42)36-13-8-16-39-41(36)35-25-26-45-27-40(35)50-39)31-21-23-32(24-22-31)49-37-14-6-4-11-33(37)34-12-5-7-15-38(34)49/h1-27H. The molecule has 4 aromatic heterocycles. The highest BCUT2D eigenvalue weighted by Crippen LogP contribution is 2.37. The molecule has 10 aromatic rings. The van der Waals surface area contributed by atoms with Crippen LogP contribution in [-0.2, 0) is 0 Å². The second kappa shape index (κ2) is 11.4. The molecule has 0 bridgehead atoms. The summed E-state index contributed by atoms with van der Waals surface area (Å²) in [6.07, 6.45) is 3.53. The van der Waals surface area contributed by atoms with Crippen LogP contribution in [0.4, 0.5) is 0 Å². The molecule has 10 rings (SSSR count). The van der Waals surface area contributed by atoms with Crippen LogP contribution < -0.4 is 0 Å². The first-order valence-electron chi connectivity index (χ1n) is 16.5. The van der Waals surface area contributed by atoms with Crippen molar-refractivity contribution >= 4 is 43.7 Å². The van der Waals surface area contributed by atoms with Crippen LogP contribution in [-0.4, -0.2) is 24.5 Å². The molecule has 0 aliphatic heterocycles. The molecule has 0 fully saturated rings. The number of rotatable bonds is 5. The SMILES string of the molecule is c1ccc(-c2ccc(-c3nc(-c4ccc(-n5c6ccccc6c6ccccc65)cc4)nc(-c4cccc5oc6cnccc6c45)n3)cc2)cc1. The van der Waals surface area contributed by atoms with E-state index in [4.69, 9.17) is 19.4 Å². The van der Waals surface area contributed by atoms with Crippen LogP contribution in [0, 0.1) is 0 Å². The zero-order valence-electron chi connectivity index (χ0n) is 26.7. The second-order valence-electron chi connectivity index (χ2n) is 12.3. The molecule has 6 nitrogen and oxygen atoms in total. The number of para-hydroxylation sites is 2. The Morgan fingerprint density at radius 2 is 1.00 bits per heavy atom. The molecular formula is C44H27N5O. The molecule has 0 radical (unpaired) electrons. The minimum atomic E-state index is 0.578. The Hall–Kier alpha value is -6.92. The van der Waals surface area contributed by atoms with Gasteiger partial charge in [0.15, 0.2) is 23.1 Å². The first kappa shape index (κ1) is 28.1. The number of hydrogen-bond acceptors (Lipinski definition) is 5. The van der Waals surface area contributed by atoms with Gasteiger partial charge in [-0.1, -0.05) is 103 Å². The van der Waals surface area contributed by atoms with E-state index in [1.54, 1.807) is 12.4 Å². The molecule has 4 heterocycles. The number of hydrogen-bond donors (Lipinski definition) is 0. The van der Waals surface area contributed by atoms with Crippen LogP contribution in [0.15, 0.2) is 168 Å². The Labute approximate surface area is 287 Å². The predicted molar refractivity (Wildman–Crippen MR) is 201 cm³/mol. The van der Waals surface area contributed by atoms with Gasteiger partial charge in [0.2, 0.25) is 0 Å². The molecular weight excluding hydrogens is 615 g/mol. The summed E-state index contributed by atoms with van der Waals surface area (Å²) in [6, 6.07) is 52.3. The summed E-state index contributed by atoms with van der Waals surface area (Å²) in [4.78, 5) is 19.5. The van der Waals surface area contributed by atoms with Gasteiger partial charge < -0.3 is 8.98 Å². The fourth-order valence-electron chi connectivity index (χ4n) is 7.02. The van der Waals surface area contributed by atoms with Crippen molar-refractivity contribution in [2.45, 2.75) is 0 Å². The van der Waals surface area contributed by atoms with E-state index in [1.807, 2.05) is 30.3 Å². The van der Waals surface area contributed by atoms with Gasteiger partial charge in [-0.15, -0.1) is 0 Å². The van der Waals surface area contributed by atoms with Crippen molar-refractivity contribution in [2.24, 2.45) is 0 Å². The largest absolute Gasteiger partial charge is 0.454 e. The molecule has 0 spiro atoms. The Kier molecular flexibility index (Phi) is 6.39. The molecule has 6 aromatic carbocycles. The van der Waals surface area contributed by atoms with E-state index in [-0.39, 0.29) is 0 Å². The zero-order chi connectivity index (χ0) is 33.0. The van der Waals surface area contributed by atoms with Crippen LogP contribution in [0.2, 0.25) is 0 Å². The van der Waals surface area contributed by atoms with Gasteiger partial charge in [0.05, 0.1) is 17.2 Å². The third-order valence-electron chi connectivity index (χ3n) is 9.39. The molecule has 6 heteroatoms. The maximum Gasteiger partial charge on any atom is 0.164 e. The highest BCUT2D eigenvalue weighted by molar-refractivity contribution is 6.12. The monoisotopic (exact) mass is 641 g/mol. The molecule has 0 amide bonds. The van der Waals surface area contributed by atoms with Gasteiger partial charge in [-0.25, -0.2) is 15.0 Å². The number of furan rings is 1. The molecule has 0 N–H and O–H groups in total. The Balaban J connectivity index is 1.13. The first-order chi connectivity index (χ1) is 24.8. The van der Waals surface area contributed by atoms with E-state index in [1.165, 1.54) is 21.8 Å². The molecule has 0 aliphatic rings. The lowest BCUT2D eigenvalue weighted by molar-refractivity contribution is 0.667. The summed E-state index contributed by atoms with van der Waals surface area (Å²) in [5, 5.41) is 4.38. The van der Waals surface area contributed by atoms with E-state index < -0.39 is 0 Å². The third-order valence-corrected chi connectivity index (χ3v) is 9.39. The van der Waals surface area contributed by atoms with E-state index in [9.17, 15) is 0 Å². The Morgan fingerprint density at radius 1 is 0.420 bits per heavy atom. The second-order valence-corrected chi connectivity index (χ2v) is 12.3. The van der Waals surface area contributed by atoms with Crippen molar-refractivity contribution in [3.63, 3.8) is 0 Å². The highest BCUT2D eigenvalue weighted by Gasteiger charge is 2.18. The summed E-state index contributed by atoms with van der Waals surface area (Å²) in [5.74, 6) is 1.77. The Bertz CT molecular complexity index is 2800. The summed E-state index contributed by atoms with van der Waals surface area (Å²) < 4.78 is 8.49. The van der Waals surface area contributed by atoms with Crippen LogP contribution >= 0.6 is 0 Å². The van der Waals surface area contributed by atoms with Crippen molar-refractivity contribution in [2.75, 3.05) is 0 Å². The van der Waals surface area contributed by atoms with Crippen LogP contribution in [0.3, 0.4) is 0 Å². The van der Waals surface area contributed by atoms with Gasteiger partial charge in [-0.3, -0.25) is 4.98 Å². The quantitative estimate of drug-likeness (QED) is 0.187. The zero-order valence-corrected chi connectivity index (χ0v) is 26.7. The van der Waals surface area contributed by atoms with E-state index in [0.29, 0.717) is 17.5 Å². The lowest BCUT2D eigenvalue weighted by Crippen LogP contribution is -2.01. The number of pyridine rings is 1. The fraction of sp³-hybridized carbons (Fsp3) is 0. The maximum atomic E-state index is 6.17. The van der Waals surface area contributed by atoms with Gasteiger partial charge in [0, 0.05) is 50.1 Å². The van der Waals surface area contributed by atoms with E-state index in [0.717, 1.165) is 55.4 Å². The summed E-state index contributed by atoms with van der Waals surface area (Å²) >= 11 is 0. The average Bonchev–Trinajstić information content (AvgIpc) is 3.74. The number of fused-ring (bicyclic) bond motifs is 6. The topological polar surface area (TPSA) is 69.6 Å². The lowest BCUT2D eigenvalue weighted by Gasteiger charge is -2.11. The average molecular weight is 642 g/mol. The Morgan fingerprint density at radius 3 is 1.70 bits per heavy atom. The van der Waals surface area contributed by atoms with Gasteiger partial charge in [0.25, 0.3) is 0 Å². The molecule has 0 atom stereocenters. The van der Waals surface area contributed by atoms with Crippen molar-refractivity contribution in [3.8, 4) is 51.0 Å². The van der Waals surface area contributed by atoms with Crippen LogP contribution in [0.1, 0.15) is 0 Å². The van der Waals surface area contributed by atoms with Crippen LogP contribution in [0.5, 0.6) is 0 Å². The molecule has 50 heavy (non-hydrogen) atoms. The smallest absolute Gasteiger partial charge is 0.164 e. The maximum absolute atomic E-state index is 6.17. The number of benzene rings is 6. The summed E-state index contributed by atoms with van der Waals surface area (Å²) in [5.41, 5.74) is 9.86. The number of nitrogens with zero attached hydrogens (tertiary/aromatic N) is 5. The van der Waals surface area contributed by atoms with E-state index >= 15 is 0 Å². The molecule has 0 aliphatic carbocycles. The minimum absolute atomic E-state index is 0.578. The highest BCUT2D eigenvalue weighted by atomic mass is 16.3. The van der Waals surface area contributed by atoms with E-state index in [2.05, 4.69) is 131 Å². The van der Waals surface area contributed by atoms with Gasteiger partial charge >= 0.3 is 0 Å². The summed E-state index contributed by atoms with van der Waals surface area (Å²) in [7, 11) is 0. The fourth-order valence-corrected chi connectivity index (χ4v) is 7.02.